The zero-order chi connectivity index (χ0) is 14.3. The molecule has 1 amide bonds. The minimum Gasteiger partial charge on any atom is -0.481 e. The number of hydrogen-bond acceptors (Lipinski definition) is 4. The molecule has 1 unspecified atom stereocenters. The van der Waals surface area contributed by atoms with Crippen LogP contribution in [0.2, 0.25) is 0 Å². The van der Waals surface area contributed by atoms with Gasteiger partial charge in [0.2, 0.25) is 5.91 Å². The number of carboxylic acids is 1. The molecule has 0 fully saturated rings. The third-order valence-electron chi connectivity index (χ3n) is 2.39. The Bertz CT molecular complexity index is 467. The van der Waals surface area contributed by atoms with Gasteiger partial charge in [0, 0.05) is 38.5 Å². The molecule has 0 aliphatic carbocycles. The molecular formula is C12H17N3O4. The predicted octanol–water partition coefficient (Wildman–Crippen LogP) is 0.0392. The number of nitrogens with one attached hydrogen (secondary N) is 1. The maximum atomic E-state index is 11.5. The molecule has 0 saturated carbocycles. The normalized spacial score (nSPS) is 12.5. The van der Waals surface area contributed by atoms with Gasteiger partial charge in [-0.2, -0.15) is 5.10 Å². The maximum Gasteiger partial charge on any atom is 0.306 e. The van der Waals surface area contributed by atoms with Gasteiger partial charge in [-0.3, -0.25) is 14.3 Å². The lowest BCUT2D eigenvalue weighted by Crippen LogP contribution is -2.33. The van der Waals surface area contributed by atoms with Crippen LogP contribution < -0.4 is 5.32 Å². The minimum atomic E-state index is -0.966. The molecule has 2 N–H and O–H groups in total. The molecule has 1 rings (SSSR count). The molecule has 0 aliphatic heterocycles. The Morgan fingerprint density at radius 2 is 2.37 bits per heavy atom. The topological polar surface area (TPSA) is 93.5 Å². The molecule has 1 aromatic rings. The zero-order valence-corrected chi connectivity index (χ0v) is 10.9. The average molecular weight is 267 g/mol. The van der Waals surface area contributed by atoms with Crippen molar-refractivity contribution in [3.05, 3.63) is 24.0 Å². The van der Waals surface area contributed by atoms with Crippen LogP contribution in [0.5, 0.6) is 0 Å². The van der Waals surface area contributed by atoms with Crippen LogP contribution in [-0.2, 0) is 21.4 Å². The fourth-order valence-corrected chi connectivity index (χ4v) is 1.41. The Kier molecular flexibility index (Phi) is 5.74. The summed E-state index contributed by atoms with van der Waals surface area (Å²) >= 11 is 0. The third kappa shape index (κ3) is 5.82. The summed E-state index contributed by atoms with van der Waals surface area (Å²) in [6.45, 7) is 0.152. The summed E-state index contributed by atoms with van der Waals surface area (Å²) in [6.07, 6.45) is 5.71. The van der Waals surface area contributed by atoms with Crippen molar-refractivity contribution in [2.45, 2.75) is 12.5 Å². The Hall–Kier alpha value is -2.15. The number of aryl methyl sites for hydroxylation is 1. The quantitative estimate of drug-likeness (QED) is 0.680. The summed E-state index contributed by atoms with van der Waals surface area (Å²) in [5, 5.41) is 15.2. The highest BCUT2D eigenvalue weighted by Crippen LogP contribution is 1.99. The molecular weight excluding hydrogens is 250 g/mol. The van der Waals surface area contributed by atoms with E-state index >= 15 is 0 Å². The Morgan fingerprint density at radius 3 is 2.89 bits per heavy atom. The molecule has 0 saturated heterocycles. The van der Waals surface area contributed by atoms with Gasteiger partial charge in [-0.05, 0) is 6.08 Å². The standard InChI is InChI=1S/C12H17N3O4/c1-15-8-9(6-14-15)3-4-11(16)13-7-10(19-2)5-12(17)18/h3-4,6,8,10H,5,7H2,1-2H3,(H,13,16)(H,17,18)/b4-3+. The van der Waals surface area contributed by atoms with Crippen molar-refractivity contribution in [2.75, 3.05) is 13.7 Å². The van der Waals surface area contributed by atoms with Crippen LogP contribution >= 0.6 is 0 Å². The van der Waals surface area contributed by atoms with Crippen molar-refractivity contribution >= 4 is 18.0 Å². The number of carbonyl (C=O) groups is 2. The average Bonchev–Trinajstić information content (AvgIpc) is 2.77. The number of carboxylic acid groups (broad SMARTS) is 1. The van der Waals surface area contributed by atoms with Crippen molar-refractivity contribution in [3.63, 3.8) is 0 Å². The van der Waals surface area contributed by atoms with E-state index in [4.69, 9.17) is 9.84 Å². The van der Waals surface area contributed by atoms with Crippen LogP contribution in [0.15, 0.2) is 18.5 Å². The lowest BCUT2D eigenvalue weighted by Gasteiger charge is -2.12. The van der Waals surface area contributed by atoms with Crippen molar-refractivity contribution in [1.29, 1.82) is 0 Å². The van der Waals surface area contributed by atoms with Gasteiger partial charge in [0.1, 0.15) is 0 Å². The first kappa shape index (κ1) is 14.9. The van der Waals surface area contributed by atoms with Crippen molar-refractivity contribution in [2.24, 2.45) is 7.05 Å². The van der Waals surface area contributed by atoms with Crippen LogP contribution in [0, 0.1) is 0 Å². The first-order valence-electron chi connectivity index (χ1n) is 5.70. The zero-order valence-electron chi connectivity index (χ0n) is 10.9. The molecule has 1 aromatic heterocycles. The number of aliphatic carboxylic acids is 1. The second-order valence-corrected chi connectivity index (χ2v) is 3.98. The second-order valence-electron chi connectivity index (χ2n) is 3.98. The van der Waals surface area contributed by atoms with Gasteiger partial charge in [0.15, 0.2) is 0 Å². The summed E-state index contributed by atoms with van der Waals surface area (Å²) in [4.78, 5) is 22.0. The van der Waals surface area contributed by atoms with Crippen LogP contribution in [0.4, 0.5) is 0 Å². The van der Waals surface area contributed by atoms with Crippen LogP contribution in [0.1, 0.15) is 12.0 Å². The molecule has 1 atom stereocenters. The molecule has 0 radical (unpaired) electrons. The van der Waals surface area contributed by atoms with E-state index in [9.17, 15) is 9.59 Å². The van der Waals surface area contributed by atoms with Gasteiger partial charge in [-0.25, -0.2) is 0 Å². The predicted molar refractivity (Wildman–Crippen MR) is 68.3 cm³/mol. The molecule has 0 aliphatic rings. The monoisotopic (exact) mass is 267 g/mol. The van der Waals surface area contributed by atoms with Gasteiger partial charge in [0.05, 0.1) is 18.7 Å². The highest BCUT2D eigenvalue weighted by molar-refractivity contribution is 5.91. The molecule has 1 heterocycles. The summed E-state index contributed by atoms with van der Waals surface area (Å²) < 4.78 is 6.58. The lowest BCUT2D eigenvalue weighted by molar-refractivity contribution is -0.140. The lowest BCUT2D eigenvalue weighted by atomic mass is 10.2. The van der Waals surface area contributed by atoms with E-state index < -0.39 is 12.1 Å². The number of methoxy groups -OCH3 is 1. The highest BCUT2D eigenvalue weighted by Gasteiger charge is 2.12. The van der Waals surface area contributed by atoms with Crippen LogP contribution in [0.3, 0.4) is 0 Å². The van der Waals surface area contributed by atoms with E-state index in [0.717, 1.165) is 5.56 Å². The molecule has 0 aromatic carbocycles. The molecule has 7 nitrogen and oxygen atoms in total. The van der Waals surface area contributed by atoms with E-state index in [-0.39, 0.29) is 18.9 Å². The van der Waals surface area contributed by atoms with Crippen LogP contribution in [0.25, 0.3) is 6.08 Å². The SMILES string of the molecule is COC(CNC(=O)/C=C/c1cnn(C)c1)CC(=O)O. The Morgan fingerprint density at radius 1 is 1.63 bits per heavy atom. The van der Waals surface area contributed by atoms with Gasteiger partial charge >= 0.3 is 5.97 Å². The molecule has 0 bridgehead atoms. The molecule has 0 spiro atoms. The number of nitrogens with zero attached hydrogens (tertiary/aromatic N) is 2. The third-order valence-corrected chi connectivity index (χ3v) is 2.39. The maximum absolute atomic E-state index is 11.5. The minimum absolute atomic E-state index is 0.150. The second kappa shape index (κ2) is 7.32. The fraction of sp³-hybridized carbons (Fsp3) is 0.417. The molecule has 7 heteroatoms. The van der Waals surface area contributed by atoms with Gasteiger partial charge < -0.3 is 15.2 Å². The van der Waals surface area contributed by atoms with E-state index in [1.54, 1.807) is 30.2 Å². The van der Waals surface area contributed by atoms with Gasteiger partial charge in [-0.1, -0.05) is 0 Å². The first-order valence-corrected chi connectivity index (χ1v) is 5.70. The number of aromatic nitrogens is 2. The van der Waals surface area contributed by atoms with Crippen molar-refractivity contribution in [1.82, 2.24) is 15.1 Å². The molecule has 104 valence electrons. The summed E-state index contributed by atoms with van der Waals surface area (Å²) in [7, 11) is 3.19. The van der Waals surface area contributed by atoms with Crippen LogP contribution in [-0.4, -0.2) is 46.5 Å². The number of amides is 1. The summed E-state index contributed by atoms with van der Waals surface area (Å²) in [5.41, 5.74) is 0.812. The first-order chi connectivity index (χ1) is 9.01. The number of hydrogen-bond donors (Lipinski definition) is 2. The van der Waals surface area contributed by atoms with E-state index in [0.29, 0.717) is 0 Å². The highest BCUT2D eigenvalue weighted by atomic mass is 16.5. The number of carbonyl (C=O) groups excluding carboxylic acids is 1. The number of rotatable bonds is 7. The largest absolute Gasteiger partial charge is 0.481 e. The van der Waals surface area contributed by atoms with Crippen molar-refractivity contribution < 1.29 is 19.4 Å². The number of ether oxygens (including phenoxy) is 1. The fourth-order valence-electron chi connectivity index (χ4n) is 1.41. The van der Waals surface area contributed by atoms with E-state index in [1.165, 1.54) is 13.2 Å². The Labute approximate surface area is 110 Å². The summed E-state index contributed by atoms with van der Waals surface area (Å²) in [5.74, 6) is -1.27. The van der Waals surface area contributed by atoms with Gasteiger partial charge in [-0.15, -0.1) is 0 Å². The van der Waals surface area contributed by atoms with Gasteiger partial charge in [0.25, 0.3) is 0 Å². The Balaban J connectivity index is 2.38. The van der Waals surface area contributed by atoms with Crippen molar-refractivity contribution in [3.8, 4) is 0 Å². The smallest absolute Gasteiger partial charge is 0.306 e. The molecule has 19 heavy (non-hydrogen) atoms. The summed E-state index contributed by atoms with van der Waals surface area (Å²) in [6, 6.07) is 0. The van der Waals surface area contributed by atoms with E-state index in [2.05, 4.69) is 10.4 Å². The van der Waals surface area contributed by atoms with E-state index in [1.807, 2.05) is 0 Å².